The molecular weight excluding hydrogens is 393 g/mol. The van der Waals surface area contributed by atoms with Gasteiger partial charge >= 0.3 is 0 Å². The lowest BCUT2D eigenvalue weighted by Gasteiger charge is -2.34. The van der Waals surface area contributed by atoms with E-state index in [2.05, 4.69) is 32.4 Å². The Balaban J connectivity index is 1.44. The largest absolute Gasteiger partial charge is 0.508 e. The number of aromatic hydroxyl groups is 1. The molecule has 1 aliphatic rings. The molecule has 1 aliphatic heterocycles. The molecule has 0 spiro atoms. The van der Waals surface area contributed by atoms with Crippen LogP contribution in [0, 0.1) is 5.82 Å². The molecule has 0 aliphatic carbocycles. The second-order valence-electron chi connectivity index (χ2n) is 7.95. The highest BCUT2D eigenvalue weighted by molar-refractivity contribution is 5.61. The molecule has 31 heavy (non-hydrogen) atoms. The molecule has 1 aromatic heterocycles. The first-order valence-corrected chi connectivity index (χ1v) is 10.7. The number of phenols is 1. The molecule has 2 aromatic carbocycles. The highest BCUT2D eigenvalue weighted by Crippen LogP contribution is 2.24. The van der Waals surface area contributed by atoms with Crippen molar-refractivity contribution in [3.8, 4) is 17.0 Å². The molecule has 162 valence electrons. The normalized spacial score (nSPS) is 16.9. The minimum absolute atomic E-state index is 0.253. The summed E-state index contributed by atoms with van der Waals surface area (Å²) in [5.74, 6) is 0.436. The summed E-state index contributed by atoms with van der Waals surface area (Å²) in [5, 5.41) is 16.0. The Morgan fingerprint density at radius 2 is 1.97 bits per heavy atom. The number of nitrogens with one attached hydrogen (secondary N) is 2. The molecule has 0 amide bonds. The summed E-state index contributed by atoms with van der Waals surface area (Å²) in [4.78, 5) is 11.2. The zero-order valence-electron chi connectivity index (χ0n) is 17.7. The van der Waals surface area contributed by atoms with Crippen LogP contribution in [0.2, 0.25) is 0 Å². The van der Waals surface area contributed by atoms with Gasteiger partial charge in [-0.15, -0.1) is 0 Å². The topological polar surface area (TPSA) is 73.3 Å². The Morgan fingerprint density at radius 3 is 2.77 bits per heavy atom. The Bertz CT molecular complexity index is 1010. The average molecular weight is 422 g/mol. The van der Waals surface area contributed by atoms with Crippen molar-refractivity contribution in [2.24, 2.45) is 0 Å². The molecule has 3 aromatic rings. The van der Waals surface area contributed by atoms with Gasteiger partial charge in [0, 0.05) is 50.5 Å². The summed E-state index contributed by atoms with van der Waals surface area (Å²) in [5.41, 5.74) is 3.23. The van der Waals surface area contributed by atoms with Gasteiger partial charge in [0.05, 0.1) is 5.69 Å². The minimum Gasteiger partial charge on any atom is -0.508 e. The molecule has 1 saturated heterocycles. The van der Waals surface area contributed by atoms with E-state index in [9.17, 15) is 9.50 Å². The smallest absolute Gasteiger partial charge is 0.223 e. The van der Waals surface area contributed by atoms with E-state index in [1.54, 1.807) is 24.4 Å². The summed E-state index contributed by atoms with van der Waals surface area (Å²) in [7, 11) is 0. The maximum absolute atomic E-state index is 14.6. The van der Waals surface area contributed by atoms with Crippen molar-refractivity contribution in [1.29, 1.82) is 0 Å². The van der Waals surface area contributed by atoms with Crippen LogP contribution in [0.3, 0.4) is 0 Å². The van der Waals surface area contributed by atoms with Crippen LogP contribution < -0.4 is 10.6 Å². The van der Waals surface area contributed by atoms with E-state index in [4.69, 9.17) is 0 Å². The van der Waals surface area contributed by atoms with Crippen molar-refractivity contribution >= 4 is 5.95 Å². The van der Waals surface area contributed by atoms with Crippen LogP contribution in [0.15, 0.2) is 54.7 Å². The zero-order valence-corrected chi connectivity index (χ0v) is 17.7. The molecule has 1 atom stereocenters. The molecule has 1 fully saturated rings. The van der Waals surface area contributed by atoms with Crippen LogP contribution in [0.5, 0.6) is 5.75 Å². The van der Waals surface area contributed by atoms with Crippen molar-refractivity contribution in [2.45, 2.75) is 25.9 Å². The number of hydrogen-bond donors (Lipinski definition) is 3. The molecule has 2 heterocycles. The van der Waals surface area contributed by atoms with Crippen molar-refractivity contribution < 1.29 is 9.50 Å². The van der Waals surface area contributed by atoms with Crippen LogP contribution in [0.25, 0.3) is 11.3 Å². The van der Waals surface area contributed by atoms with Gasteiger partial charge in [-0.1, -0.05) is 18.2 Å². The Morgan fingerprint density at radius 1 is 1.16 bits per heavy atom. The van der Waals surface area contributed by atoms with E-state index in [1.807, 2.05) is 24.3 Å². The summed E-state index contributed by atoms with van der Waals surface area (Å²) in [6, 6.07) is 14.6. The van der Waals surface area contributed by atoms with E-state index in [1.165, 1.54) is 6.07 Å². The number of phenolic OH excluding ortho intramolecular Hbond substituents is 1. The third-order valence-electron chi connectivity index (χ3n) is 5.62. The number of halogens is 1. The lowest BCUT2D eigenvalue weighted by Crippen LogP contribution is -2.49. The van der Waals surface area contributed by atoms with Crippen LogP contribution in [0.4, 0.5) is 10.3 Å². The number of benzene rings is 2. The third-order valence-corrected chi connectivity index (χ3v) is 5.62. The van der Waals surface area contributed by atoms with E-state index < -0.39 is 0 Å². The lowest BCUT2D eigenvalue weighted by molar-refractivity contribution is 0.165. The molecule has 0 unspecified atom stereocenters. The number of hydrogen-bond acceptors (Lipinski definition) is 6. The van der Waals surface area contributed by atoms with Gasteiger partial charge in [-0.25, -0.2) is 14.4 Å². The second kappa shape index (κ2) is 9.85. The molecular formula is C24H28FN5O. The number of nitrogens with zero attached hydrogens (tertiary/aromatic N) is 3. The minimum atomic E-state index is -0.286. The van der Waals surface area contributed by atoms with Crippen LogP contribution in [-0.2, 0) is 13.0 Å². The molecule has 0 saturated carbocycles. The molecule has 0 bridgehead atoms. The Hall–Kier alpha value is -3.03. The molecule has 7 heteroatoms. The fourth-order valence-electron chi connectivity index (χ4n) is 3.79. The van der Waals surface area contributed by atoms with Crippen molar-refractivity contribution in [3.63, 3.8) is 0 Å². The van der Waals surface area contributed by atoms with Crippen LogP contribution >= 0.6 is 0 Å². The SMILES string of the molecule is C[C@H]1CNCCN1Cc1ccc(F)c(-c2ccnc(NCCc3ccc(O)cc3)n2)c1. The summed E-state index contributed by atoms with van der Waals surface area (Å²) >= 11 is 0. The first-order chi connectivity index (χ1) is 15.1. The van der Waals surface area contributed by atoms with Crippen LogP contribution in [-0.4, -0.2) is 52.2 Å². The number of rotatable bonds is 7. The number of anilines is 1. The number of aromatic nitrogens is 2. The first-order valence-electron chi connectivity index (χ1n) is 10.7. The second-order valence-corrected chi connectivity index (χ2v) is 7.95. The van der Waals surface area contributed by atoms with Crippen LogP contribution in [0.1, 0.15) is 18.1 Å². The van der Waals surface area contributed by atoms with Gasteiger partial charge in [-0.3, -0.25) is 4.90 Å². The van der Waals surface area contributed by atoms with Gasteiger partial charge in [0.1, 0.15) is 11.6 Å². The van der Waals surface area contributed by atoms with E-state index >= 15 is 0 Å². The van der Waals surface area contributed by atoms with Gasteiger partial charge in [-0.2, -0.15) is 0 Å². The van der Waals surface area contributed by atoms with Gasteiger partial charge in [0.15, 0.2) is 0 Å². The summed E-state index contributed by atoms with van der Waals surface area (Å²) < 4.78 is 14.6. The average Bonchev–Trinajstić information content (AvgIpc) is 2.78. The quantitative estimate of drug-likeness (QED) is 0.543. The lowest BCUT2D eigenvalue weighted by atomic mass is 10.1. The predicted octanol–water partition coefficient (Wildman–Crippen LogP) is 3.44. The van der Waals surface area contributed by atoms with E-state index in [0.717, 1.165) is 43.7 Å². The van der Waals surface area contributed by atoms with Crippen molar-refractivity contribution in [2.75, 3.05) is 31.5 Å². The highest BCUT2D eigenvalue weighted by Gasteiger charge is 2.18. The summed E-state index contributed by atoms with van der Waals surface area (Å²) in [6.07, 6.45) is 2.41. The zero-order chi connectivity index (χ0) is 21.6. The first kappa shape index (κ1) is 21.2. The fraction of sp³-hybridized carbons (Fsp3) is 0.333. The molecule has 4 rings (SSSR count). The van der Waals surface area contributed by atoms with Gasteiger partial charge < -0.3 is 15.7 Å². The highest BCUT2D eigenvalue weighted by atomic mass is 19.1. The van der Waals surface area contributed by atoms with Gasteiger partial charge in [-0.05, 0) is 54.8 Å². The fourth-order valence-corrected chi connectivity index (χ4v) is 3.79. The molecule has 3 N–H and O–H groups in total. The predicted molar refractivity (Wildman–Crippen MR) is 120 cm³/mol. The maximum Gasteiger partial charge on any atom is 0.223 e. The van der Waals surface area contributed by atoms with Crippen molar-refractivity contribution in [1.82, 2.24) is 20.2 Å². The number of piperazine rings is 1. The Labute approximate surface area is 182 Å². The van der Waals surface area contributed by atoms with E-state index in [-0.39, 0.29) is 11.6 Å². The monoisotopic (exact) mass is 421 g/mol. The van der Waals surface area contributed by atoms with Crippen molar-refractivity contribution in [3.05, 3.63) is 71.7 Å². The van der Waals surface area contributed by atoms with Gasteiger partial charge in [0.2, 0.25) is 5.95 Å². The molecule has 6 nitrogen and oxygen atoms in total. The summed E-state index contributed by atoms with van der Waals surface area (Å²) in [6.45, 7) is 6.56. The Kier molecular flexibility index (Phi) is 6.74. The van der Waals surface area contributed by atoms with Gasteiger partial charge in [0.25, 0.3) is 0 Å². The standard InChI is InChI=1S/C24H28FN5O/c1-17-15-26-12-13-30(17)16-19-4-7-22(25)21(14-19)23-9-11-28-24(29-23)27-10-8-18-2-5-20(31)6-3-18/h2-7,9,11,14,17,26,31H,8,10,12-13,15-16H2,1H3,(H,27,28,29)/t17-/m0/s1. The van der Waals surface area contributed by atoms with E-state index in [0.29, 0.717) is 29.8 Å². The third kappa shape index (κ3) is 5.57. The molecule has 0 radical (unpaired) electrons. The maximum atomic E-state index is 14.6.